The molecule has 0 aliphatic carbocycles. The second-order valence-corrected chi connectivity index (χ2v) is 10.2. The number of benzene rings is 1. The fourth-order valence-electron chi connectivity index (χ4n) is 2.58. The van der Waals surface area contributed by atoms with Gasteiger partial charge in [0.15, 0.2) is 0 Å². The lowest BCUT2D eigenvalue weighted by Gasteiger charge is -2.26. The van der Waals surface area contributed by atoms with Gasteiger partial charge in [-0.25, -0.2) is 0 Å². The molecule has 0 aliphatic rings. The van der Waals surface area contributed by atoms with Gasteiger partial charge in [0.1, 0.15) is 8.07 Å². The van der Waals surface area contributed by atoms with Crippen molar-refractivity contribution in [2.24, 2.45) is 0 Å². The summed E-state index contributed by atoms with van der Waals surface area (Å²) in [4.78, 5) is 8.81. The molecule has 1 heterocycles. The maximum atomic E-state index is 4.55. The Morgan fingerprint density at radius 3 is 2.52 bits per heavy atom. The van der Waals surface area contributed by atoms with Crippen LogP contribution in [0, 0.1) is 0 Å². The van der Waals surface area contributed by atoms with Crippen LogP contribution >= 0.6 is 0 Å². The van der Waals surface area contributed by atoms with Crippen molar-refractivity contribution in [1.82, 2.24) is 9.97 Å². The van der Waals surface area contributed by atoms with Gasteiger partial charge >= 0.3 is 0 Å². The van der Waals surface area contributed by atoms with Crippen LogP contribution in [0.15, 0.2) is 55.0 Å². The first-order valence-corrected chi connectivity index (χ1v) is 10.7. The average Bonchev–Trinajstić information content (AvgIpc) is 2.53. The van der Waals surface area contributed by atoms with E-state index in [0.29, 0.717) is 0 Å². The van der Waals surface area contributed by atoms with Crippen molar-refractivity contribution in [2.45, 2.75) is 39.3 Å². The first-order valence-electron chi connectivity index (χ1n) is 7.68. The molecule has 0 saturated heterocycles. The Kier molecular flexibility index (Phi) is 5.45. The maximum absolute atomic E-state index is 4.55. The SMILES string of the molecule is CCCC/C=C(\c1cnccn1)[Si](C)(C)c1ccccc1. The smallest absolute Gasteiger partial charge is 0.114 e. The van der Waals surface area contributed by atoms with Gasteiger partial charge in [0.25, 0.3) is 0 Å². The van der Waals surface area contributed by atoms with Crippen molar-refractivity contribution in [3.05, 3.63) is 60.7 Å². The zero-order chi connectivity index (χ0) is 15.1. The Morgan fingerprint density at radius 2 is 1.90 bits per heavy atom. The second kappa shape index (κ2) is 7.32. The van der Waals surface area contributed by atoms with E-state index >= 15 is 0 Å². The highest BCUT2D eigenvalue weighted by Crippen LogP contribution is 2.25. The van der Waals surface area contributed by atoms with E-state index in [1.165, 1.54) is 23.2 Å². The van der Waals surface area contributed by atoms with E-state index < -0.39 is 8.07 Å². The zero-order valence-corrected chi connectivity index (χ0v) is 14.2. The van der Waals surface area contributed by atoms with Crippen molar-refractivity contribution in [1.29, 1.82) is 0 Å². The lowest BCUT2D eigenvalue weighted by Crippen LogP contribution is -2.43. The van der Waals surface area contributed by atoms with Crippen LogP contribution in [0.4, 0.5) is 0 Å². The lowest BCUT2D eigenvalue weighted by molar-refractivity contribution is 0.816. The van der Waals surface area contributed by atoms with Gasteiger partial charge in [-0.1, -0.05) is 74.5 Å². The summed E-state index contributed by atoms with van der Waals surface area (Å²) in [5, 5.41) is 2.84. The molecule has 0 bridgehead atoms. The second-order valence-electron chi connectivity index (χ2n) is 5.84. The van der Waals surface area contributed by atoms with Crippen LogP contribution < -0.4 is 5.19 Å². The number of hydrogen-bond donors (Lipinski definition) is 0. The average molecular weight is 296 g/mol. The van der Waals surface area contributed by atoms with Crippen molar-refractivity contribution >= 4 is 18.5 Å². The van der Waals surface area contributed by atoms with Crippen LogP contribution in [0.1, 0.15) is 31.9 Å². The minimum atomic E-state index is -1.74. The number of rotatable bonds is 6. The van der Waals surface area contributed by atoms with Crippen LogP contribution in [0.25, 0.3) is 5.20 Å². The standard InChI is InChI=1S/C18H24N2Si/c1-4-5-7-12-18(17-15-19-13-14-20-17)21(2,3)16-10-8-6-9-11-16/h6,8-15H,4-5,7H2,1-3H3/b18-12+. The molecule has 0 fully saturated rings. The highest BCUT2D eigenvalue weighted by Gasteiger charge is 2.29. The Balaban J connectivity index is 2.42. The van der Waals surface area contributed by atoms with Gasteiger partial charge in [-0.05, 0) is 11.6 Å². The molecule has 2 rings (SSSR count). The van der Waals surface area contributed by atoms with Gasteiger partial charge in [0.05, 0.1) is 11.9 Å². The molecule has 1 aromatic carbocycles. The molecule has 0 atom stereocenters. The minimum Gasteiger partial charge on any atom is -0.261 e. The summed E-state index contributed by atoms with van der Waals surface area (Å²) in [6, 6.07) is 10.8. The molecule has 110 valence electrons. The molecule has 3 heteroatoms. The van der Waals surface area contributed by atoms with Crippen molar-refractivity contribution in [2.75, 3.05) is 0 Å². The van der Waals surface area contributed by atoms with E-state index in [2.05, 4.69) is 66.4 Å². The summed E-state index contributed by atoms with van der Waals surface area (Å²) in [5.41, 5.74) is 1.04. The summed E-state index contributed by atoms with van der Waals surface area (Å²) in [5.74, 6) is 0. The Hall–Kier alpha value is -1.74. The molecule has 0 radical (unpaired) electrons. The number of unbranched alkanes of at least 4 members (excludes halogenated alkanes) is 2. The van der Waals surface area contributed by atoms with Crippen LogP contribution in [-0.4, -0.2) is 18.0 Å². The van der Waals surface area contributed by atoms with Crippen molar-refractivity contribution < 1.29 is 0 Å². The molecular weight excluding hydrogens is 272 g/mol. The third-order valence-corrected chi connectivity index (χ3v) is 7.50. The summed E-state index contributed by atoms with van der Waals surface area (Å²) < 4.78 is 0. The Labute approximate surface area is 129 Å². The zero-order valence-electron chi connectivity index (χ0n) is 13.2. The molecule has 0 unspecified atom stereocenters. The largest absolute Gasteiger partial charge is 0.261 e. The number of aromatic nitrogens is 2. The molecule has 0 aliphatic heterocycles. The van der Waals surface area contributed by atoms with Crippen molar-refractivity contribution in [3.63, 3.8) is 0 Å². The van der Waals surface area contributed by atoms with E-state index in [0.717, 1.165) is 12.1 Å². The van der Waals surface area contributed by atoms with Gasteiger partial charge in [0, 0.05) is 12.4 Å². The normalized spacial score (nSPS) is 12.4. The summed E-state index contributed by atoms with van der Waals surface area (Å²) in [7, 11) is -1.74. The summed E-state index contributed by atoms with van der Waals surface area (Å²) in [6.07, 6.45) is 11.4. The van der Waals surface area contributed by atoms with Crippen LogP contribution in [-0.2, 0) is 0 Å². The molecule has 0 saturated carbocycles. The van der Waals surface area contributed by atoms with Gasteiger partial charge in [0.2, 0.25) is 0 Å². The minimum absolute atomic E-state index is 1.04. The van der Waals surface area contributed by atoms with E-state index in [-0.39, 0.29) is 0 Å². The topological polar surface area (TPSA) is 25.8 Å². The quantitative estimate of drug-likeness (QED) is 0.589. The molecule has 0 spiro atoms. The van der Waals surface area contributed by atoms with E-state index in [9.17, 15) is 0 Å². The molecule has 0 amide bonds. The van der Waals surface area contributed by atoms with Crippen LogP contribution in [0.2, 0.25) is 13.1 Å². The number of nitrogens with zero attached hydrogens (tertiary/aromatic N) is 2. The lowest BCUT2D eigenvalue weighted by atomic mass is 10.2. The predicted octanol–water partition coefficient (Wildman–Crippen LogP) is 4.21. The van der Waals surface area contributed by atoms with E-state index in [1.54, 1.807) is 12.4 Å². The van der Waals surface area contributed by atoms with Crippen molar-refractivity contribution in [3.8, 4) is 0 Å². The monoisotopic (exact) mass is 296 g/mol. The van der Waals surface area contributed by atoms with Gasteiger partial charge in [-0.3, -0.25) is 9.97 Å². The third kappa shape index (κ3) is 3.88. The number of hydrogen-bond acceptors (Lipinski definition) is 2. The predicted molar refractivity (Wildman–Crippen MR) is 93.1 cm³/mol. The van der Waals surface area contributed by atoms with Gasteiger partial charge < -0.3 is 0 Å². The highest BCUT2D eigenvalue weighted by molar-refractivity contribution is 7.04. The van der Waals surface area contributed by atoms with E-state index in [4.69, 9.17) is 0 Å². The molecule has 2 nitrogen and oxygen atoms in total. The highest BCUT2D eigenvalue weighted by atomic mass is 28.3. The first-order chi connectivity index (χ1) is 10.2. The molecular formula is C18H24N2Si. The molecule has 21 heavy (non-hydrogen) atoms. The fraction of sp³-hybridized carbons (Fsp3) is 0.333. The molecule has 2 aromatic rings. The fourth-order valence-corrected chi connectivity index (χ4v) is 5.34. The first kappa shape index (κ1) is 15.6. The van der Waals surface area contributed by atoms with Gasteiger partial charge in [-0.2, -0.15) is 0 Å². The third-order valence-electron chi connectivity index (χ3n) is 3.91. The van der Waals surface area contributed by atoms with Crippen LogP contribution in [0.5, 0.6) is 0 Å². The molecule has 0 N–H and O–H groups in total. The van der Waals surface area contributed by atoms with E-state index in [1.807, 2.05) is 6.20 Å². The molecule has 1 aromatic heterocycles. The van der Waals surface area contributed by atoms with Gasteiger partial charge in [-0.15, -0.1) is 0 Å². The maximum Gasteiger partial charge on any atom is 0.114 e. The Morgan fingerprint density at radius 1 is 1.14 bits per heavy atom. The summed E-state index contributed by atoms with van der Waals surface area (Å²) >= 11 is 0. The Bertz CT molecular complexity index is 577. The van der Waals surface area contributed by atoms with Crippen LogP contribution in [0.3, 0.4) is 0 Å². The summed E-state index contributed by atoms with van der Waals surface area (Å²) in [6.45, 7) is 7.03. The number of allylic oxidation sites excluding steroid dienone is 1.